The highest BCUT2D eigenvalue weighted by Crippen LogP contribution is 2.41. The van der Waals surface area contributed by atoms with E-state index >= 15 is 0 Å². The molecule has 12 heavy (non-hydrogen) atoms. The third-order valence-electron chi connectivity index (χ3n) is 3.56. The highest BCUT2D eigenvalue weighted by Gasteiger charge is 2.37. The van der Waals surface area contributed by atoms with E-state index in [0.717, 1.165) is 0 Å². The molecule has 2 rings (SSSR count). The molecule has 0 aromatic rings. The summed E-state index contributed by atoms with van der Waals surface area (Å²) >= 11 is 0. The first-order valence-electron chi connectivity index (χ1n) is 5.09. The van der Waals surface area contributed by atoms with E-state index < -0.39 is 12.3 Å². The lowest BCUT2D eigenvalue weighted by atomic mass is 9.69. The van der Waals surface area contributed by atoms with Crippen molar-refractivity contribution in [1.82, 2.24) is 0 Å². The molecule has 2 fully saturated rings. The van der Waals surface area contributed by atoms with Gasteiger partial charge in [-0.3, -0.25) is 0 Å². The maximum absolute atomic E-state index is 13.1. The number of halogens is 1. The molecular weight excluding hydrogens is 155 g/mol. The van der Waals surface area contributed by atoms with Crippen LogP contribution in [0.3, 0.4) is 0 Å². The fourth-order valence-electron chi connectivity index (χ4n) is 2.81. The zero-order chi connectivity index (χ0) is 8.55. The predicted molar refractivity (Wildman–Crippen MR) is 45.6 cm³/mol. The lowest BCUT2D eigenvalue weighted by Gasteiger charge is -2.39. The molecule has 0 spiro atoms. The fraction of sp³-hybridized carbons (Fsp3) is 1.00. The van der Waals surface area contributed by atoms with Crippen LogP contribution in [0.25, 0.3) is 0 Å². The molecule has 0 heterocycles. The van der Waals surface area contributed by atoms with Gasteiger partial charge in [-0.05, 0) is 24.7 Å². The summed E-state index contributed by atoms with van der Waals surface area (Å²) in [6.45, 7) is 0. The molecule has 0 aromatic heterocycles. The number of hydrogen-bond acceptors (Lipinski definition) is 1. The van der Waals surface area contributed by atoms with Gasteiger partial charge in [-0.15, -0.1) is 0 Å². The van der Waals surface area contributed by atoms with Gasteiger partial charge in [-0.2, -0.15) is 0 Å². The number of alkyl halides is 1. The van der Waals surface area contributed by atoms with E-state index in [-0.39, 0.29) is 0 Å². The van der Waals surface area contributed by atoms with Crippen molar-refractivity contribution in [3.05, 3.63) is 0 Å². The SMILES string of the molecule is O[C@H]1C[C@H]2CCCC[C@@H]2C[C@@H]1F. The van der Waals surface area contributed by atoms with E-state index in [4.69, 9.17) is 0 Å². The van der Waals surface area contributed by atoms with Crippen LogP contribution in [0.4, 0.5) is 4.39 Å². The average molecular weight is 172 g/mol. The summed E-state index contributed by atoms with van der Waals surface area (Å²) in [6, 6.07) is 0. The number of rotatable bonds is 0. The first-order valence-corrected chi connectivity index (χ1v) is 5.09. The predicted octanol–water partition coefficient (Wildman–Crippen LogP) is 2.29. The molecule has 0 unspecified atom stereocenters. The fourth-order valence-corrected chi connectivity index (χ4v) is 2.81. The van der Waals surface area contributed by atoms with Crippen molar-refractivity contribution in [3.8, 4) is 0 Å². The smallest absolute Gasteiger partial charge is 0.126 e. The minimum atomic E-state index is -0.940. The third-order valence-corrected chi connectivity index (χ3v) is 3.56. The lowest BCUT2D eigenvalue weighted by molar-refractivity contribution is -0.0168. The molecule has 1 nitrogen and oxygen atoms in total. The summed E-state index contributed by atoms with van der Waals surface area (Å²) in [5.74, 6) is 1.21. The first-order chi connectivity index (χ1) is 5.77. The van der Waals surface area contributed by atoms with E-state index in [9.17, 15) is 9.50 Å². The number of hydrogen-bond donors (Lipinski definition) is 1. The molecule has 2 aliphatic rings. The number of aliphatic hydroxyl groups is 1. The summed E-state index contributed by atoms with van der Waals surface area (Å²) in [7, 11) is 0. The van der Waals surface area contributed by atoms with Crippen LogP contribution in [0.1, 0.15) is 38.5 Å². The Morgan fingerprint density at radius 1 is 1.00 bits per heavy atom. The Kier molecular flexibility index (Phi) is 2.35. The van der Waals surface area contributed by atoms with Gasteiger partial charge in [-0.1, -0.05) is 25.7 Å². The Morgan fingerprint density at radius 2 is 1.58 bits per heavy atom. The summed E-state index contributed by atoms with van der Waals surface area (Å²) in [6.07, 6.45) is 4.69. The molecule has 0 amide bonds. The Labute approximate surface area is 73.0 Å². The molecule has 4 atom stereocenters. The molecule has 0 bridgehead atoms. The van der Waals surface area contributed by atoms with Crippen LogP contribution in [-0.2, 0) is 0 Å². The van der Waals surface area contributed by atoms with Gasteiger partial charge in [0.25, 0.3) is 0 Å². The minimum Gasteiger partial charge on any atom is -0.390 e. The van der Waals surface area contributed by atoms with E-state index in [1.54, 1.807) is 0 Å². The molecule has 2 saturated carbocycles. The normalized spacial score (nSPS) is 48.5. The monoisotopic (exact) mass is 172 g/mol. The van der Waals surface area contributed by atoms with Crippen molar-refractivity contribution in [3.63, 3.8) is 0 Å². The van der Waals surface area contributed by atoms with Crippen molar-refractivity contribution in [2.45, 2.75) is 50.8 Å². The van der Waals surface area contributed by atoms with Gasteiger partial charge in [0.2, 0.25) is 0 Å². The summed E-state index contributed by atoms with van der Waals surface area (Å²) in [5, 5.41) is 9.34. The van der Waals surface area contributed by atoms with Gasteiger partial charge in [0.15, 0.2) is 0 Å². The van der Waals surface area contributed by atoms with Crippen LogP contribution in [0, 0.1) is 11.8 Å². The van der Waals surface area contributed by atoms with Crippen molar-refractivity contribution < 1.29 is 9.50 Å². The van der Waals surface area contributed by atoms with E-state index in [2.05, 4.69) is 0 Å². The van der Waals surface area contributed by atoms with Gasteiger partial charge >= 0.3 is 0 Å². The van der Waals surface area contributed by atoms with Gasteiger partial charge < -0.3 is 5.11 Å². The maximum Gasteiger partial charge on any atom is 0.126 e. The van der Waals surface area contributed by atoms with Crippen molar-refractivity contribution in [2.24, 2.45) is 11.8 Å². The highest BCUT2D eigenvalue weighted by molar-refractivity contribution is 4.87. The molecule has 0 radical (unpaired) electrons. The van der Waals surface area contributed by atoms with Crippen LogP contribution < -0.4 is 0 Å². The van der Waals surface area contributed by atoms with Gasteiger partial charge in [0.1, 0.15) is 6.17 Å². The van der Waals surface area contributed by atoms with Crippen LogP contribution in [0.2, 0.25) is 0 Å². The van der Waals surface area contributed by atoms with Gasteiger partial charge in [0.05, 0.1) is 6.10 Å². The van der Waals surface area contributed by atoms with Crippen LogP contribution in [0.15, 0.2) is 0 Å². The van der Waals surface area contributed by atoms with Crippen molar-refractivity contribution in [2.75, 3.05) is 0 Å². The molecule has 2 heteroatoms. The Bertz CT molecular complexity index is 142. The summed E-state index contributed by atoms with van der Waals surface area (Å²) < 4.78 is 13.1. The van der Waals surface area contributed by atoms with Crippen molar-refractivity contribution in [1.29, 1.82) is 0 Å². The molecule has 2 aliphatic carbocycles. The quantitative estimate of drug-likeness (QED) is 0.594. The molecule has 0 aromatic carbocycles. The molecule has 0 saturated heterocycles. The summed E-state index contributed by atoms with van der Waals surface area (Å²) in [4.78, 5) is 0. The minimum absolute atomic E-state index is 0.581. The second kappa shape index (κ2) is 3.33. The third kappa shape index (κ3) is 1.49. The first kappa shape index (κ1) is 8.49. The second-order valence-corrected chi connectivity index (χ2v) is 4.36. The lowest BCUT2D eigenvalue weighted by Crippen LogP contribution is -2.38. The number of aliphatic hydroxyl groups excluding tert-OH is 1. The van der Waals surface area contributed by atoms with Gasteiger partial charge in [-0.25, -0.2) is 4.39 Å². The summed E-state index contributed by atoms with van der Waals surface area (Å²) in [5.41, 5.74) is 0. The van der Waals surface area contributed by atoms with E-state index in [1.807, 2.05) is 0 Å². The standard InChI is InChI=1S/C10H17FO/c11-9-5-7-3-1-2-4-8(7)6-10(9)12/h7-10,12H,1-6H2/t7-,8-,9+,10+/m1/s1. The second-order valence-electron chi connectivity index (χ2n) is 4.36. The maximum atomic E-state index is 13.1. The Morgan fingerprint density at radius 3 is 2.25 bits per heavy atom. The Balaban J connectivity index is 1.98. The zero-order valence-corrected chi connectivity index (χ0v) is 7.38. The van der Waals surface area contributed by atoms with Crippen LogP contribution >= 0.6 is 0 Å². The largest absolute Gasteiger partial charge is 0.390 e. The zero-order valence-electron chi connectivity index (χ0n) is 7.38. The molecule has 0 aliphatic heterocycles. The van der Waals surface area contributed by atoms with E-state index in [0.29, 0.717) is 24.7 Å². The highest BCUT2D eigenvalue weighted by atomic mass is 19.1. The van der Waals surface area contributed by atoms with Gasteiger partial charge in [0, 0.05) is 0 Å². The van der Waals surface area contributed by atoms with Crippen molar-refractivity contribution >= 4 is 0 Å². The molecule has 70 valence electrons. The van der Waals surface area contributed by atoms with Crippen LogP contribution in [-0.4, -0.2) is 17.4 Å². The Hall–Kier alpha value is -0.110. The molecule has 1 N–H and O–H groups in total. The number of fused-ring (bicyclic) bond motifs is 1. The van der Waals surface area contributed by atoms with Crippen LogP contribution in [0.5, 0.6) is 0 Å². The average Bonchev–Trinajstić information content (AvgIpc) is 2.07. The topological polar surface area (TPSA) is 20.2 Å². The van der Waals surface area contributed by atoms with E-state index in [1.165, 1.54) is 25.7 Å². The molecular formula is C10H17FO.